The second-order valence-corrected chi connectivity index (χ2v) is 23.8. The first-order chi connectivity index (χ1) is 36.3. The van der Waals surface area contributed by atoms with E-state index in [9.17, 15) is 98.1 Å². The smallest absolute Gasteiger partial charge is 0.352 e. The van der Waals surface area contributed by atoms with Crippen molar-refractivity contribution in [2.75, 3.05) is 56.9 Å². The van der Waals surface area contributed by atoms with E-state index in [1.807, 2.05) is 0 Å². The Balaban J connectivity index is 1.06. The van der Waals surface area contributed by atoms with Crippen LogP contribution in [0.1, 0.15) is 20.8 Å². The molecule has 33 nitrogen and oxygen atoms in total. The zero-order valence-electron chi connectivity index (χ0n) is 40.3. The number of ether oxygens (including phenoxy) is 6. The van der Waals surface area contributed by atoms with Crippen molar-refractivity contribution >= 4 is 101 Å². The largest absolute Gasteiger partial charge is 0.484 e. The summed E-state index contributed by atoms with van der Waals surface area (Å²) < 4.78 is 110. The number of hydrogen-bond donors (Lipinski definition) is 6. The van der Waals surface area contributed by atoms with Gasteiger partial charge >= 0.3 is 35.8 Å². The Morgan fingerprint density at radius 1 is 0.462 bits per heavy atom. The van der Waals surface area contributed by atoms with Crippen molar-refractivity contribution in [3.05, 3.63) is 52.0 Å². The predicted octanol–water partition coefficient (Wildman–Crippen LogP) is -6.23. The van der Waals surface area contributed by atoms with Gasteiger partial charge in [-0.3, -0.25) is 57.9 Å². The quantitative estimate of drug-likeness (QED) is 0.0379. The lowest BCUT2D eigenvalue weighted by atomic mass is 10.0. The average molecular weight is 1160 g/mol. The lowest BCUT2D eigenvalue weighted by molar-refractivity contribution is -0.151. The monoisotopic (exact) mass is 1160 g/mol. The van der Waals surface area contributed by atoms with E-state index < -0.39 is 243 Å². The SMILES string of the molecule is CC(=O)OCC1=C(C(=O)O)N2C(=O)[C@@H](NC(=O)COc3cc(OCC(=O)N[C@@H]4C(=O)N5C(C(=O)O)=C(COC(C)=O)CS(=O)(=O)[C@H]45)cc(OCC(=O)N[C@@H]4C(=O)N5C(C(=O)O)=C(COC(C)=O)CS(=O)(=O)[C@H]45)c3)[C@H]2S(=O)(=O)C1. The molecule has 36 heteroatoms. The van der Waals surface area contributed by atoms with Gasteiger partial charge in [-0.25, -0.2) is 39.6 Å². The topological polar surface area (TPSA) is 469 Å². The number of amides is 6. The molecule has 6 heterocycles. The van der Waals surface area contributed by atoms with Crippen molar-refractivity contribution in [3.8, 4) is 17.2 Å². The molecule has 6 amide bonds. The normalized spacial score (nSPS) is 24.0. The van der Waals surface area contributed by atoms with E-state index in [1.165, 1.54) is 0 Å². The number of nitrogens with zero attached hydrogens (tertiary/aromatic N) is 3. The summed E-state index contributed by atoms with van der Waals surface area (Å²) in [4.78, 5) is 151. The van der Waals surface area contributed by atoms with Gasteiger partial charge in [0.1, 0.15) is 72.3 Å². The summed E-state index contributed by atoms with van der Waals surface area (Å²) in [6.07, 6.45) is 0. The van der Waals surface area contributed by atoms with Crippen LogP contribution in [-0.2, 0) is 101 Å². The Kier molecular flexibility index (Phi) is 15.6. The first-order valence-electron chi connectivity index (χ1n) is 22.2. The summed E-state index contributed by atoms with van der Waals surface area (Å²) >= 11 is 0. The number of sulfone groups is 3. The summed E-state index contributed by atoms with van der Waals surface area (Å²) in [5.74, 6) is -19.1. The number of carboxylic acids is 3. The molecule has 3 saturated heterocycles. The number of β-lactam (4-membered cyclic amide) rings is 3. The Hall–Kier alpha value is -8.67. The number of nitrogens with one attached hydrogen (secondary N) is 3. The van der Waals surface area contributed by atoms with Gasteiger partial charge < -0.3 is 59.7 Å². The number of benzene rings is 1. The highest BCUT2D eigenvalue weighted by atomic mass is 32.2. The van der Waals surface area contributed by atoms with Crippen LogP contribution in [0.2, 0.25) is 0 Å². The second-order valence-electron chi connectivity index (χ2n) is 17.5. The minimum atomic E-state index is -4.43. The molecule has 0 aliphatic carbocycles. The van der Waals surface area contributed by atoms with Gasteiger partial charge in [0.05, 0.1) is 17.3 Å². The van der Waals surface area contributed by atoms with E-state index in [2.05, 4.69) is 16.0 Å². The molecular formula is C42H42N6O27S3. The number of aliphatic carboxylic acids is 3. The maximum Gasteiger partial charge on any atom is 0.352 e. The number of fused-ring (bicyclic) bond motifs is 3. The molecule has 0 radical (unpaired) electrons. The number of carbonyl (C=O) groups excluding carboxylic acids is 9. The molecule has 6 atom stereocenters. The Morgan fingerprint density at radius 2 is 0.692 bits per heavy atom. The van der Waals surface area contributed by atoms with E-state index >= 15 is 0 Å². The van der Waals surface area contributed by atoms with E-state index in [0.29, 0.717) is 14.7 Å². The van der Waals surface area contributed by atoms with Gasteiger partial charge in [0.2, 0.25) is 0 Å². The minimum absolute atomic E-state index is 0.404. The molecule has 0 unspecified atom stereocenters. The third kappa shape index (κ3) is 11.2. The molecule has 0 bridgehead atoms. The van der Waals surface area contributed by atoms with Crippen molar-refractivity contribution in [3.63, 3.8) is 0 Å². The fourth-order valence-electron chi connectivity index (χ4n) is 8.86. The molecule has 78 heavy (non-hydrogen) atoms. The van der Waals surface area contributed by atoms with Crippen LogP contribution in [0.25, 0.3) is 0 Å². The Morgan fingerprint density at radius 3 is 0.897 bits per heavy atom. The zero-order valence-corrected chi connectivity index (χ0v) is 42.7. The third-order valence-corrected chi connectivity index (χ3v) is 17.9. The van der Waals surface area contributed by atoms with Gasteiger partial charge in [-0.05, 0) is 0 Å². The van der Waals surface area contributed by atoms with Crippen LogP contribution in [0.3, 0.4) is 0 Å². The van der Waals surface area contributed by atoms with Gasteiger partial charge in [-0.15, -0.1) is 0 Å². The van der Waals surface area contributed by atoms with Crippen LogP contribution in [0.15, 0.2) is 52.0 Å². The number of carboxylic acid groups (broad SMARTS) is 3. The van der Waals surface area contributed by atoms with Gasteiger partial charge in [-0.2, -0.15) is 0 Å². The Bertz CT molecular complexity index is 3010. The number of esters is 3. The molecule has 1 aromatic carbocycles. The minimum Gasteiger partial charge on any atom is -0.484 e. The van der Waals surface area contributed by atoms with Gasteiger partial charge in [-0.1, -0.05) is 0 Å². The number of rotatable bonds is 21. The molecule has 0 saturated carbocycles. The van der Waals surface area contributed by atoms with Gasteiger partial charge in [0.25, 0.3) is 35.4 Å². The van der Waals surface area contributed by atoms with Crippen LogP contribution in [0, 0.1) is 0 Å². The molecule has 6 aliphatic rings. The first kappa shape index (κ1) is 57.0. The average Bonchev–Trinajstić information content (AvgIpc) is 3.47. The van der Waals surface area contributed by atoms with E-state index in [0.717, 1.165) is 39.0 Å². The molecule has 0 spiro atoms. The lowest BCUT2D eigenvalue weighted by Gasteiger charge is -2.48. The lowest BCUT2D eigenvalue weighted by Crippen LogP contribution is -2.75. The van der Waals surface area contributed by atoms with Crippen molar-refractivity contribution in [2.45, 2.75) is 55.0 Å². The number of hydrogen-bond acceptors (Lipinski definition) is 24. The molecule has 0 aromatic heterocycles. The predicted molar refractivity (Wildman–Crippen MR) is 246 cm³/mol. The van der Waals surface area contributed by atoms with Gasteiger partial charge in [0, 0.05) is 55.7 Å². The molecule has 420 valence electrons. The van der Waals surface area contributed by atoms with Crippen LogP contribution in [-0.4, -0.2) is 218 Å². The van der Waals surface area contributed by atoms with Crippen LogP contribution in [0.4, 0.5) is 0 Å². The van der Waals surface area contributed by atoms with Crippen molar-refractivity contribution in [1.82, 2.24) is 30.7 Å². The molecule has 3 fully saturated rings. The first-order valence-corrected chi connectivity index (χ1v) is 27.3. The molecule has 1 aromatic rings. The highest BCUT2D eigenvalue weighted by Gasteiger charge is 2.63. The summed E-state index contributed by atoms with van der Waals surface area (Å²) in [7, 11) is -13.3. The van der Waals surface area contributed by atoms with Crippen LogP contribution < -0.4 is 30.2 Å². The standard InChI is InChI=1S/C42H42N6O27S3/c1-16(49)70-7-19-13-76(64,65)37-28(34(55)46(37)31(19)40(58)59)43-25(52)10-73-22-4-23(74-11-26(53)44-29-35(56)47-32(41(60)61)20(8-71-17(2)50)14-77(66,67)38(29)47)6-24(5-22)75-12-27(54)45-30-36(57)48-33(42(62)63)21(9-72-18(3)51)15-78(68,69)39(30)48/h4-6,28-30,37-39H,7-15H2,1-3H3,(H,43,52)(H,44,53)(H,45,54)(H,58,59)(H,60,61)(H,62,63)/t28-,29-,30-,37-,38-,39-/m1/s1. The van der Waals surface area contributed by atoms with Crippen molar-refractivity contribution < 1.29 is 127 Å². The van der Waals surface area contributed by atoms with Crippen LogP contribution >= 0.6 is 0 Å². The molecule has 6 aliphatic heterocycles. The van der Waals surface area contributed by atoms with Crippen molar-refractivity contribution in [2.24, 2.45) is 0 Å². The van der Waals surface area contributed by atoms with E-state index in [4.69, 9.17) is 28.4 Å². The van der Waals surface area contributed by atoms with Crippen LogP contribution in [0.5, 0.6) is 17.2 Å². The highest BCUT2D eigenvalue weighted by molar-refractivity contribution is 7.93. The molecule has 7 rings (SSSR count). The van der Waals surface area contributed by atoms with Crippen molar-refractivity contribution in [1.29, 1.82) is 0 Å². The third-order valence-electron chi connectivity index (χ3n) is 12.0. The molecular weight excluding hydrogens is 1120 g/mol. The summed E-state index contributed by atoms with van der Waals surface area (Å²) in [6.45, 7) is -2.59. The Labute approximate surface area is 437 Å². The maximum absolute atomic E-state index is 13.2. The second kappa shape index (κ2) is 21.4. The van der Waals surface area contributed by atoms with Gasteiger partial charge in [0.15, 0.2) is 65.5 Å². The van der Waals surface area contributed by atoms with E-state index in [-0.39, 0.29) is 0 Å². The number of carbonyl (C=O) groups is 12. The summed E-state index contributed by atoms with van der Waals surface area (Å²) in [5, 5.41) is 30.1. The summed E-state index contributed by atoms with van der Waals surface area (Å²) in [6, 6.07) is -2.58. The maximum atomic E-state index is 13.2. The molecule has 6 N–H and O–H groups in total. The fourth-order valence-corrected chi connectivity index (χ4v) is 14.9. The zero-order chi connectivity index (χ0) is 57.7. The summed E-state index contributed by atoms with van der Waals surface area (Å²) in [5.41, 5.74) is -3.65. The fraction of sp³-hybridized carbons (Fsp3) is 0.429. The van der Waals surface area contributed by atoms with E-state index in [1.54, 1.807) is 0 Å². The highest BCUT2D eigenvalue weighted by Crippen LogP contribution is 2.40.